The van der Waals surface area contributed by atoms with Crippen molar-refractivity contribution in [2.45, 2.75) is 43.5 Å². The highest BCUT2D eigenvalue weighted by atomic mass is 32.2. The molecule has 1 heterocycles. The third-order valence-corrected chi connectivity index (χ3v) is 6.00. The minimum absolute atomic E-state index is 0.106. The van der Waals surface area contributed by atoms with E-state index in [-0.39, 0.29) is 22.8 Å². The zero-order chi connectivity index (χ0) is 18.0. The molecule has 1 amide bonds. The first kappa shape index (κ1) is 17.6. The van der Waals surface area contributed by atoms with Crippen LogP contribution in [0.15, 0.2) is 53.4 Å². The quantitative estimate of drug-likeness (QED) is 0.829. The molecule has 2 N–H and O–H groups in total. The van der Waals surface area contributed by atoms with E-state index in [9.17, 15) is 13.2 Å². The molecule has 1 aliphatic rings. The molecule has 0 aliphatic carbocycles. The summed E-state index contributed by atoms with van der Waals surface area (Å²) in [6.07, 6.45) is 1.58. The molecule has 0 saturated carbocycles. The Morgan fingerprint density at radius 2 is 1.88 bits per heavy atom. The van der Waals surface area contributed by atoms with Crippen LogP contribution in [0.4, 0.5) is 5.69 Å². The molecule has 0 spiro atoms. The van der Waals surface area contributed by atoms with E-state index >= 15 is 0 Å². The molecule has 132 valence electrons. The van der Waals surface area contributed by atoms with Gasteiger partial charge in [0.15, 0.2) is 0 Å². The van der Waals surface area contributed by atoms with Crippen molar-refractivity contribution in [1.29, 1.82) is 0 Å². The van der Waals surface area contributed by atoms with E-state index < -0.39 is 10.0 Å². The number of rotatable bonds is 6. The van der Waals surface area contributed by atoms with Gasteiger partial charge >= 0.3 is 0 Å². The molecule has 0 unspecified atom stereocenters. The average Bonchev–Trinajstić information content (AvgIpc) is 2.89. The molecule has 0 fully saturated rings. The monoisotopic (exact) mass is 358 g/mol. The second-order valence-corrected chi connectivity index (χ2v) is 8.05. The van der Waals surface area contributed by atoms with Gasteiger partial charge in [-0.25, -0.2) is 13.1 Å². The molecule has 0 bridgehead atoms. The molecule has 2 atom stereocenters. The topological polar surface area (TPSA) is 75.3 Å². The van der Waals surface area contributed by atoms with E-state index in [1.54, 1.807) is 19.1 Å². The van der Waals surface area contributed by atoms with Crippen molar-refractivity contribution in [1.82, 2.24) is 4.72 Å². The molecule has 0 aromatic heterocycles. The largest absolute Gasteiger partial charge is 0.325 e. The summed E-state index contributed by atoms with van der Waals surface area (Å²) in [5.74, 6) is -0.448. The van der Waals surface area contributed by atoms with E-state index in [4.69, 9.17) is 0 Å². The Hall–Kier alpha value is -2.18. The average molecular weight is 358 g/mol. The van der Waals surface area contributed by atoms with E-state index in [1.807, 2.05) is 37.3 Å². The first-order chi connectivity index (χ1) is 11.9. The predicted octanol–water partition coefficient (Wildman–Crippen LogP) is 3.56. The van der Waals surface area contributed by atoms with Gasteiger partial charge in [0.2, 0.25) is 15.9 Å². The molecular formula is C19H22N2O3S. The summed E-state index contributed by atoms with van der Waals surface area (Å²) in [5.41, 5.74) is 2.35. The van der Waals surface area contributed by atoms with Crippen molar-refractivity contribution >= 4 is 21.6 Å². The van der Waals surface area contributed by atoms with Crippen LogP contribution in [0.5, 0.6) is 0 Å². The van der Waals surface area contributed by atoms with Crippen LogP contribution in [0, 0.1) is 0 Å². The minimum atomic E-state index is -3.68. The van der Waals surface area contributed by atoms with Crippen molar-refractivity contribution in [2.24, 2.45) is 0 Å². The van der Waals surface area contributed by atoms with Gasteiger partial charge < -0.3 is 5.32 Å². The normalized spacial score (nSPS) is 17.8. The lowest BCUT2D eigenvalue weighted by atomic mass is 10.0. The van der Waals surface area contributed by atoms with Gasteiger partial charge in [-0.2, -0.15) is 0 Å². The molecule has 1 aliphatic heterocycles. The molecule has 0 saturated heterocycles. The molecule has 5 nitrogen and oxygen atoms in total. The van der Waals surface area contributed by atoms with E-state index in [2.05, 4.69) is 10.0 Å². The third kappa shape index (κ3) is 3.60. The number of hydrogen-bond donors (Lipinski definition) is 2. The number of hydrogen-bond acceptors (Lipinski definition) is 3. The lowest BCUT2D eigenvalue weighted by molar-refractivity contribution is -0.116. The molecule has 2 aromatic rings. The van der Waals surface area contributed by atoms with E-state index in [1.165, 1.54) is 6.07 Å². The predicted molar refractivity (Wildman–Crippen MR) is 97.9 cm³/mol. The molecule has 6 heteroatoms. The van der Waals surface area contributed by atoms with Crippen LogP contribution in [0.2, 0.25) is 0 Å². The fourth-order valence-electron chi connectivity index (χ4n) is 3.09. The Bertz CT molecular complexity index is 879. The van der Waals surface area contributed by atoms with Gasteiger partial charge in [-0.05, 0) is 42.7 Å². The van der Waals surface area contributed by atoms with Crippen LogP contribution in [0.1, 0.15) is 49.8 Å². The maximum Gasteiger partial charge on any atom is 0.241 e. The Kier molecular flexibility index (Phi) is 4.92. The van der Waals surface area contributed by atoms with Crippen molar-refractivity contribution < 1.29 is 13.2 Å². The lowest BCUT2D eigenvalue weighted by Crippen LogP contribution is -2.28. The Labute approximate surface area is 148 Å². The summed E-state index contributed by atoms with van der Waals surface area (Å²) in [6, 6.07) is 14.1. The number of fused-ring (bicyclic) bond motifs is 1. The van der Waals surface area contributed by atoms with Crippen LogP contribution in [0.3, 0.4) is 0 Å². The first-order valence-electron chi connectivity index (χ1n) is 8.44. The Morgan fingerprint density at radius 3 is 2.56 bits per heavy atom. The summed E-state index contributed by atoms with van der Waals surface area (Å²) < 4.78 is 28.5. The van der Waals surface area contributed by atoms with Crippen molar-refractivity contribution in [3.63, 3.8) is 0 Å². The SMILES string of the molecule is CCC[C@H](NS(=O)(=O)c1ccc2c(c1)[C@H](C)C(=O)N2)c1ccccc1. The van der Waals surface area contributed by atoms with Gasteiger partial charge in [-0.1, -0.05) is 43.7 Å². The summed E-state index contributed by atoms with van der Waals surface area (Å²) >= 11 is 0. The van der Waals surface area contributed by atoms with Crippen LogP contribution >= 0.6 is 0 Å². The lowest BCUT2D eigenvalue weighted by Gasteiger charge is -2.19. The van der Waals surface area contributed by atoms with Crippen LogP contribution in [-0.2, 0) is 14.8 Å². The number of anilines is 1. The van der Waals surface area contributed by atoms with Gasteiger partial charge in [0.1, 0.15) is 0 Å². The van der Waals surface area contributed by atoms with Crippen molar-refractivity contribution in [2.75, 3.05) is 5.32 Å². The van der Waals surface area contributed by atoms with Gasteiger partial charge in [0, 0.05) is 11.7 Å². The van der Waals surface area contributed by atoms with Crippen LogP contribution < -0.4 is 10.0 Å². The zero-order valence-corrected chi connectivity index (χ0v) is 15.1. The summed E-state index contributed by atoms with van der Waals surface area (Å²) in [4.78, 5) is 12.0. The first-order valence-corrected chi connectivity index (χ1v) is 9.92. The zero-order valence-electron chi connectivity index (χ0n) is 14.3. The highest BCUT2D eigenvalue weighted by Gasteiger charge is 2.29. The molecule has 0 radical (unpaired) electrons. The summed E-state index contributed by atoms with van der Waals surface area (Å²) in [6.45, 7) is 3.80. The van der Waals surface area contributed by atoms with Crippen molar-refractivity contribution in [3.8, 4) is 0 Å². The maximum atomic E-state index is 12.9. The number of nitrogens with one attached hydrogen (secondary N) is 2. The minimum Gasteiger partial charge on any atom is -0.325 e. The van der Waals surface area contributed by atoms with Crippen LogP contribution in [0.25, 0.3) is 0 Å². The molecule has 25 heavy (non-hydrogen) atoms. The molecular weight excluding hydrogens is 336 g/mol. The summed E-state index contributed by atoms with van der Waals surface area (Å²) in [5, 5.41) is 2.76. The third-order valence-electron chi connectivity index (χ3n) is 4.53. The van der Waals surface area contributed by atoms with Crippen molar-refractivity contribution in [3.05, 3.63) is 59.7 Å². The Balaban J connectivity index is 1.90. The Morgan fingerprint density at radius 1 is 1.16 bits per heavy atom. The number of carbonyl (C=O) groups excluding carboxylic acids is 1. The number of benzene rings is 2. The second-order valence-electron chi connectivity index (χ2n) is 6.33. The van der Waals surface area contributed by atoms with E-state index in [0.29, 0.717) is 12.1 Å². The molecule has 3 rings (SSSR count). The fourth-order valence-corrected chi connectivity index (χ4v) is 4.38. The number of sulfonamides is 1. The van der Waals surface area contributed by atoms with Gasteiger partial charge in [-0.15, -0.1) is 0 Å². The maximum absolute atomic E-state index is 12.9. The fraction of sp³-hybridized carbons (Fsp3) is 0.316. The number of amides is 1. The number of carbonyl (C=O) groups is 1. The van der Waals surface area contributed by atoms with Crippen LogP contribution in [-0.4, -0.2) is 14.3 Å². The second kappa shape index (κ2) is 6.98. The van der Waals surface area contributed by atoms with E-state index in [0.717, 1.165) is 17.5 Å². The molecule has 2 aromatic carbocycles. The standard InChI is InChI=1S/C19H22N2O3S/c1-3-7-17(14-8-5-4-6-9-14)21-25(23,24)15-10-11-18-16(12-15)13(2)19(22)20-18/h4-6,8-13,17,21H,3,7H2,1-2H3,(H,20,22)/t13-,17-/m0/s1. The van der Waals surface area contributed by atoms with Gasteiger partial charge in [0.05, 0.1) is 10.8 Å². The highest BCUT2D eigenvalue weighted by molar-refractivity contribution is 7.89. The van der Waals surface area contributed by atoms with Gasteiger partial charge in [0.25, 0.3) is 0 Å². The highest BCUT2D eigenvalue weighted by Crippen LogP contribution is 2.34. The smallest absolute Gasteiger partial charge is 0.241 e. The summed E-state index contributed by atoms with van der Waals surface area (Å²) in [7, 11) is -3.68. The van der Waals surface area contributed by atoms with Gasteiger partial charge in [-0.3, -0.25) is 4.79 Å².